The molecule has 8 heteroatoms. The minimum absolute atomic E-state index is 0.149. The van der Waals surface area contributed by atoms with Crippen molar-refractivity contribution in [3.63, 3.8) is 0 Å². The van der Waals surface area contributed by atoms with Crippen molar-refractivity contribution in [3.8, 4) is 17.2 Å². The zero-order valence-electron chi connectivity index (χ0n) is 24.0. The first-order valence-corrected chi connectivity index (χ1v) is 15.0. The van der Waals surface area contributed by atoms with Gasteiger partial charge < -0.3 is 19.0 Å². The van der Waals surface area contributed by atoms with Gasteiger partial charge in [-0.2, -0.15) is 0 Å². The molecule has 0 saturated carbocycles. The van der Waals surface area contributed by atoms with Crippen molar-refractivity contribution < 1.29 is 33.4 Å². The van der Waals surface area contributed by atoms with Gasteiger partial charge in [0.2, 0.25) is 0 Å². The standard InChI is InChI=1S/C29H42O7Si/c1-12-13-20-25-21(16-22(26(20)32)36-37(17(2)3,18(4)5)19(6)7)34-27(33)29(25,11)23(30)14-15-24(31)35-28(8,9)10/h12-19,32H,1-11H3/b13-12+,15-14+. The van der Waals surface area contributed by atoms with Gasteiger partial charge in [-0.15, -0.1) is 0 Å². The molecular formula is C29H42O7Si. The molecule has 37 heavy (non-hydrogen) atoms. The van der Waals surface area contributed by atoms with E-state index in [1.54, 1.807) is 39.8 Å². The van der Waals surface area contributed by atoms with Gasteiger partial charge in [-0.05, 0) is 57.3 Å². The van der Waals surface area contributed by atoms with Crippen molar-refractivity contribution in [2.24, 2.45) is 0 Å². The van der Waals surface area contributed by atoms with Crippen molar-refractivity contribution in [1.82, 2.24) is 0 Å². The zero-order valence-corrected chi connectivity index (χ0v) is 25.0. The molecule has 0 bridgehead atoms. The molecule has 0 saturated heterocycles. The highest BCUT2D eigenvalue weighted by Gasteiger charge is 2.53. The number of phenols is 1. The third-order valence-corrected chi connectivity index (χ3v) is 13.0. The first kappa shape index (κ1) is 30.4. The second kappa shape index (κ2) is 10.9. The normalized spacial score (nSPS) is 18.3. The van der Waals surface area contributed by atoms with E-state index < -0.39 is 37.1 Å². The van der Waals surface area contributed by atoms with Crippen LogP contribution in [0.5, 0.6) is 17.2 Å². The van der Waals surface area contributed by atoms with Gasteiger partial charge in [-0.3, -0.25) is 9.59 Å². The average molecular weight is 531 g/mol. The van der Waals surface area contributed by atoms with Gasteiger partial charge in [0.25, 0.3) is 8.32 Å². The number of aromatic hydroxyl groups is 1. The number of carbonyl (C=O) groups excluding carboxylic acids is 3. The van der Waals surface area contributed by atoms with Crippen molar-refractivity contribution in [2.45, 2.75) is 104 Å². The van der Waals surface area contributed by atoms with Gasteiger partial charge >= 0.3 is 11.9 Å². The molecule has 1 aliphatic heterocycles. The van der Waals surface area contributed by atoms with Crippen molar-refractivity contribution >= 4 is 32.1 Å². The molecule has 1 aliphatic rings. The maximum atomic E-state index is 13.3. The molecule has 1 atom stereocenters. The van der Waals surface area contributed by atoms with Crippen LogP contribution in [0.25, 0.3) is 6.08 Å². The number of phenolic OH excluding ortho intramolecular Hbond substituents is 1. The van der Waals surface area contributed by atoms with E-state index in [0.29, 0.717) is 0 Å². The van der Waals surface area contributed by atoms with Gasteiger partial charge in [0.1, 0.15) is 11.4 Å². The van der Waals surface area contributed by atoms with Crippen molar-refractivity contribution in [2.75, 3.05) is 0 Å². The number of ketones is 1. The first-order chi connectivity index (χ1) is 16.9. The Hall–Kier alpha value is -2.87. The lowest BCUT2D eigenvalue weighted by Crippen LogP contribution is -2.50. The Bertz CT molecular complexity index is 1100. The Morgan fingerprint density at radius 2 is 1.59 bits per heavy atom. The maximum absolute atomic E-state index is 13.3. The van der Waals surface area contributed by atoms with Gasteiger partial charge in [0.15, 0.2) is 22.7 Å². The molecular weight excluding hydrogens is 488 g/mol. The molecule has 204 valence electrons. The van der Waals surface area contributed by atoms with Crippen molar-refractivity contribution in [1.29, 1.82) is 0 Å². The van der Waals surface area contributed by atoms with Gasteiger partial charge in [-0.25, -0.2) is 4.79 Å². The Labute approximate surface area is 222 Å². The molecule has 7 nitrogen and oxygen atoms in total. The van der Waals surface area contributed by atoms with E-state index >= 15 is 0 Å². The van der Waals surface area contributed by atoms with Gasteiger partial charge in [-0.1, -0.05) is 53.7 Å². The molecule has 2 rings (SSSR count). The maximum Gasteiger partial charge on any atom is 0.331 e. The molecule has 1 unspecified atom stereocenters. The number of allylic oxidation sites excluding steroid dienone is 2. The number of fused-ring (bicyclic) bond motifs is 1. The molecule has 1 aromatic carbocycles. The lowest BCUT2D eigenvalue weighted by Gasteiger charge is -2.42. The van der Waals surface area contributed by atoms with Crippen LogP contribution < -0.4 is 9.16 Å². The van der Waals surface area contributed by atoms with Crippen LogP contribution in [-0.4, -0.2) is 36.7 Å². The Morgan fingerprint density at radius 3 is 2.05 bits per heavy atom. The number of rotatable bonds is 9. The number of ether oxygens (including phenoxy) is 2. The van der Waals surface area contributed by atoms with Crippen LogP contribution in [0.1, 0.15) is 87.3 Å². The Morgan fingerprint density at radius 1 is 1.05 bits per heavy atom. The molecule has 0 aliphatic carbocycles. The van der Waals surface area contributed by atoms with Crippen molar-refractivity contribution in [3.05, 3.63) is 35.4 Å². The van der Waals surface area contributed by atoms with Crippen LogP contribution in [0.15, 0.2) is 24.3 Å². The van der Waals surface area contributed by atoms with E-state index in [4.69, 9.17) is 13.9 Å². The predicted octanol–water partition coefficient (Wildman–Crippen LogP) is 6.62. The van der Waals surface area contributed by atoms with Gasteiger partial charge in [0.05, 0.1) is 0 Å². The second-order valence-electron chi connectivity index (χ2n) is 11.7. The fraction of sp³-hybridized carbons (Fsp3) is 0.552. The van der Waals surface area contributed by atoms with Crippen LogP contribution >= 0.6 is 0 Å². The van der Waals surface area contributed by atoms with E-state index in [0.717, 1.165) is 12.2 Å². The molecule has 0 fully saturated rings. The summed E-state index contributed by atoms with van der Waals surface area (Å²) < 4.78 is 17.5. The van der Waals surface area contributed by atoms with Gasteiger partial charge in [0, 0.05) is 23.3 Å². The van der Waals surface area contributed by atoms with Crippen LogP contribution in [0.3, 0.4) is 0 Å². The zero-order chi connectivity index (χ0) is 28.5. The largest absolute Gasteiger partial charge is 0.540 e. The monoisotopic (exact) mass is 530 g/mol. The third-order valence-electron chi connectivity index (χ3n) is 6.97. The predicted molar refractivity (Wildman–Crippen MR) is 147 cm³/mol. The molecule has 0 radical (unpaired) electrons. The van der Waals surface area contributed by atoms with E-state index in [2.05, 4.69) is 41.5 Å². The lowest BCUT2D eigenvalue weighted by molar-refractivity contribution is -0.149. The first-order valence-electron chi connectivity index (χ1n) is 12.8. The van der Waals surface area contributed by atoms with Crippen LogP contribution in [-0.2, 0) is 24.5 Å². The summed E-state index contributed by atoms with van der Waals surface area (Å²) in [7, 11) is -2.45. The minimum atomic E-state index is -2.45. The average Bonchev–Trinajstić information content (AvgIpc) is 3.01. The summed E-state index contributed by atoms with van der Waals surface area (Å²) in [6.45, 7) is 21.2. The third kappa shape index (κ3) is 5.69. The summed E-state index contributed by atoms with van der Waals surface area (Å²) in [6, 6.07) is 1.51. The molecule has 1 heterocycles. The topological polar surface area (TPSA) is 99.1 Å². The molecule has 0 spiro atoms. The summed E-state index contributed by atoms with van der Waals surface area (Å²) in [5.41, 5.74) is -1.23. The van der Waals surface area contributed by atoms with E-state index in [1.807, 2.05) is 0 Å². The highest BCUT2D eigenvalue weighted by molar-refractivity contribution is 6.78. The fourth-order valence-corrected chi connectivity index (χ4v) is 10.6. The number of hydrogen-bond acceptors (Lipinski definition) is 7. The minimum Gasteiger partial charge on any atom is -0.540 e. The molecule has 0 amide bonds. The summed E-state index contributed by atoms with van der Waals surface area (Å²) in [6.07, 6.45) is 5.38. The SMILES string of the molecule is C/C=C/c1c(O)c(O[Si](C(C)C)(C(C)C)C(C)C)cc2c1C(C)(C(=O)/C=C/C(=O)OC(C)(C)C)C(=O)O2. The number of carbonyl (C=O) groups is 3. The second-order valence-corrected chi connectivity index (χ2v) is 17.1. The Kier molecular flexibility index (Phi) is 8.90. The van der Waals surface area contributed by atoms with Crippen LogP contribution in [0.2, 0.25) is 16.6 Å². The summed E-state index contributed by atoms with van der Waals surface area (Å²) >= 11 is 0. The highest BCUT2D eigenvalue weighted by atomic mass is 28.4. The number of esters is 2. The highest BCUT2D eigenvalue weighted by Crippen LogP contribution is 2.52. The van der Waals surface area contributed by atoms with E-state index in [1.165, 1.54) is 13.0 Å². The van der Waals surface area contributed by atoms with Crippen LogP contribution in [0, 0.1) is 0 Å². The number of benzene rings is 1. The van der Waals surface area contributed by atoms with E-state index in [-0.39, 0.29) is 45.0 Å². The molecule has 1 aromatic rings. The summed E-state index contributed by atoms with van der Waals surface area (Å²) in [5.74, 6) is -1.90. The summed E-state index contributed by atoms with van der Waals surface area (Å²) in [4.78, 5) is 38.6. The summed E-state index contributed by atoms with van der Waals surface area (Å²) in [5, 5.41) is 11.4. The van der Waals surface area contributed by atoms with Crippen LogP contribution in [0.4, 0.5) is 0 Å². The lowest BCUT2D eigenvalue weighted by atomic mass is 9.77. The smallest absolute Gasteiger partial charge is 0.331 e. The fourth-order valence-electron chi connectivity index (χ4n) is 5.36. The molecule has 0 aromatic heterocycles. The molecule has 1 N–H and O–H groups in total. The van der Waals surface area contributed by atoms with E-state index in [9.17, 15) is 19.5 Å². The number of hydrogen-bond donors (Lipinski definition) is 1. The quantitative estimate of drug-likeness (QED) is 0.126. The Balaban J connectivity index is 2.67.